The van der Waals surface area contributed by atoms with E-state index < -0.39 is 0 Å². The largest absolute Gasteiger partial charge is 0.395 e. The number of nitrogens with zero attached hydrogens (tertiary/aromatic N) is 2. The van der Waals surface area contributed by atoms with E-state index in [-0.39, 0.29) is 24.6 Å². The third-order valence-electron chi connectivity index (χ3n) is 4.59. The van der Waals surface area contributed by atoms with Gasteiger partial charge in [0.2, 0.25) is 5.91 Å². The maximum Gasteiger partial charge on any atom is 0.236 e. The molecule has 0 aromatic heterocycles. The molecule has 0 bridgehead atoms. The van der Waals surface area contributed by atoms with Crippen LogP contribution in [0.3, 0.4) is 0 Å². The van der Waals surface area contributed by atoms with Gasteiger partial charge in [-0.25, -0.2) is 0 Å². The number of hydrogen-bond acceptors (Lipinski definition) is 3. The van der Waals surface area contributed by atoms with Gasteiger partial charge in [-0.05, 0) is 39.0 Å². The number of likely N-dealkylation sites (N-methyl/N-ethyl adjacent to an activating group) is 1. The van der Waals surface area contributed by atoms with E-state index in [1.807, 2.05) is 11.9 Å². The smallest absolute Gasteiger partial charge is 0.236 e. The third-order valence-corrected chi connectivity index (χ3v) is 4.59. The first-order chi connectivity index (χ1) is 9.36. The van der Waals surface area contributed by atoms with Gasteiger partial charge in [-0.2, -0.15) is 0 Å². The van der Waals surface area contributed by atoms with E-state index in [1.165, 1.54) is 0 Å². The lowest BCUT2D eigenvalue weighted by atomic mass is 9.96. The summed E-state index contributed by atoms with van der Waals surface area (Å²) in [4.78, 5) is 16.5. The molecule has 0 radical (unpaired) electrons. The lowest BCUT2D eigenvalue weighted by molar-refractivity contribution is -0.135. The van der Waals surface area contributed by atoms with Crippen LogP contribution in [0.15, 0.2) is 0 Å². The normalized spacial score (nSPS) is 25.8. The lowest BCUT2D eigenvalue weighted by Gasteiger charge is -2.40. The van der Waals surface area contributed by atoms with Crippen LogP contribution in [-0.2, 0) is 4.79 Å². The van der Waals surface area contributed by atoms with Crippen LogP contribution in [0.25, 0.3) is 0 Å². The molecule has 1 N–H and O–H groups in total. The predicted octanol–water partition coefficient (Wildman–Crippen LogP) is 2.11. The standard InChI is InChI=1S/C16H32N2O2/c1-12(2)9-14(4)17(5)16(20)10-18-13(3)7-6-8-15(18)11-19/h12-15,19H,6-11H2,1-5H3. The summed E-state index contributed by atoms with van der Waals surface area (Å²) in [6.45, 7) is 9.23. The summed E-state index contributed by atoms with van der Waals surface area (Å²) in [6, 6.07) is 0.810. The summed E-state index contributed by atoms with van der Waals surface area (Å²) in [5.41, 5.74) is 0. The Morgan fingerprint density at radius 2 is 2.00 bits per heavy atom. The van der Waals surface area contributed by atoms with Gasteiger partial charge >= 0.3 is 0 Å². The Kier molecular flexibility index (Phi) is 6.96. The zero-order valence-corrected chi connectivity index (χ0v) is 13.8. The van der Waals surface area contributed by atoms with E-state index in [0.29, 0.717) is 18.5 Å². The molecule has 20 heavy (non-hydrogen) atoms. The number of aliphatic hydroxyl groups is 1. The minimum absolute atomic E-state index is 0.150. The number of likely N-dealkylation sites (tertiary alicyclic amines) is 1. The molecule has 118 valence electrons. The SMILES string of the molecule is CC(C)CC(C)N(C)C(=O)CN1C(C)CCCC1CO. The fraction of sp³-hybridized carbons (Fsp3) is 0.938. The van der Waals surface area contributed by atoms with Crippen LogP contribution in [-0.4, -0.2) is 59.1 Å². The van der Waals surface area contributed by atoms with Crippen LogP contribution >= 0.6 is 0 Å². The highest BCUT2D eigenvalue weighted by atomic mass is 16.3. The fourth-order valence-corrected chi connectivity index (χ4v) is 3.18. The van der Waals surface area contributed by atoms with Gasteiger partial charge in [-0.1, -0.05) is 20.3 Å². The molecular weight excluding hydrogens is 252 g/mol. The maximum atomic E-state index is 12.4. The van der Waals surface area contributed by atoms with Crippen molar-refractivity contribution in [1.82, 2.24) is 9.80 Å². The average molecular weight is 284 g/mol. The second kappa shape index (κ2) is 7.99. The predicted molar refractivity (Wildman–Crippen MR) is 82.6 cm³/mol. The van der Waals surface area contributed by atoms with Crippen LogP contribution < -0.4 is 0 Å². The van der Waals surface area contributed by atoms with Crippen molar-refractivity contribution >= 4 is 5.91 Å². The number of amides is 1. The van der Waals surface area contributed by atoms with Crippen molar-refractivity contribution in [3.8, 4) is 0 Å². The van der Waals surface area contributed by atoms with Crippen molar-refractivity contribution in [2.75, 3.05) is 20.2 Å². The van der Waals surface area contributed by atoms with Crippen LogP contribution in [0.5, 0.6) is 0 Å². The number of hydrogen-bond donors (Lipinski definition) is 1. The molecule has 1 aliphatic rings. The molecule has 0 spiro atoms. The van der Waals surface area contributed by atoms with Gasteiger partial charge in [0, 0.05) is 25.2 Å². The molecule has 1 amide bonds. The Morgan fingerprint density at radius 3 is 2.55 bits per heavy atom. The van der Waals surface area contributed by atoms with Gasteiger partial charge in [0.1, 0.15) is 0 Å². The summed E-state index contributed by atoms with van der Waals surface area (Å²) in [5.74, 6) is 0.768. The number of rotatable bonds is 6. The molecule has 1 rings (SSSR count). The number of piperidine rings is 1. The van der Waals surface area contributed by atoms with E-state index in [9.17, 15) is 9.90 Å². The minimum atomic E-state index is 0.150. The Bertz CT molecular complexity index is 307. The first kappa shape index (κ1) is 17.4. The van der Waals surface area contributed by atoms with Crippen molar-refractivity contribution in [1.29, 1.82) is 0 Å². The molecule has 0 aromatic carbocycles. The molecule has 3 unspecified atom stereocenters. The number of carbonyl (C=O) groups excluding carboxylic acids is 1. The number of carbonyl (C=O) groups is 1. The minimum Gasteiger partial charge on any atom is -0.395 e. The van der Waals surface area contributed by atoms with Crippen LogP contribution in [0.4, 0.5) is 0 Å². The van der Waals surface area contributed by atoms with Crippen LogP contribution in [0.1, 0.15) is 53.4 Å². The van der Waals surface area contributed by atoms with Gasteiger partial charge in [-0.15, -0.1) is 0 Å². The highest BCUT2D eigenvalue weighted by Gasteiger charge is 2.30. The Labute approximate surface area is 124 Å². The Hall–Kier alpha value is -0.610. The highest BCUT2D eigenvalue weighted by molar-refractivity contribution is 5.78. The van der Waals surface area contributed by atoms with E-state index in [2.05, 4.69) is 32.6 Å². The first-order valence-corrected chi connectivity index (χ1v) is 7.99. The molecule has 1 fully saturated rings. The van der Waals surface area contributed by atoms with Gasteiger partial charge in [-0.3, -0.25) is 9.69 Å². The van der Waals surface area contributed by atoms with E-state index in [4.69, 9.17) is 0 Å². The monoisotopic (exact) mass is 284 g/mol. The molecule has 4 nitrogen and oxygen atoms in total. The average Bonchev–Trinajstić information content (AvgIpc) is 2.39. The van der Waals surface area contributed by atoms with E-state index in [1.54, 1.807) is 0 Å². The molecule has 4 heteroatoms. The Balaban J connectivity index is 2.58. The van der Waals surface area contributed by atoms with Gasteiger partial charge in [0.15, 0.2) is 0 Å². The summed E-state index contributed by atoms with van der Waals surface area (Å²) in [6.07, 6.45) is 4.30. The summed E-state index contributed by atoms with van der Waals surface area (Å²) in [7, 11) is 1.90. The van der Waals surface area contributed by atoms with E-state index >= 15 is 0 Å². The van der Waals surface area contributed by atoms with Crippen molar-refractivity contribution in [3.05, 3.63) is 0 Å². The second-order valence-corrected chi connectivity index (χ2v) is 6.77. The van der Waals surface area contributed by atoms with Gasteiger partial charge in [0.05, 0.1) is 13.2 Å². The van der Waals surface area contributed by atoms with Crippen LogP contribution in [0, 0.1) is 5.92 Å². The van der Waals surface area contributed by atoms with Gasteiger partial charge in [0.25, 0.3) is 0 Å². The molecule has 1 aliphatic heterocycles. The molecular formula is C16H32N2O2. The van der Waals surface area contributed by atoms with Crippen molar-refractivity contribution in [2.45, 2.75) is 71.5 Å². The zero-order valence-electron chi connectivity index (χ0n) is 13.8. The van der Waals surface area contributed by atoms with Gasteiger partial charge < -0.3 is 10.0 Å². The molecule has 0 aliphatic carbocycles. The summed E-state index contributed by atoms with van der Waals surface area (Å²) >= 11 is 0. The molecule has 3 atom stereocenters. The lowest BCUT2D eigenvalue weighted by Crippen LogP contribution is -2.52. The zero-order chi connectivity index (χ0) is 15.3. The quantitative estimate of drug-likeness (QED) is 0.812. The molecule has 0 saturated carbocycles. The maximum absolute atomic E-state index is 12.4. The molecule has 0 aromatic rings. The second-order valence-electron chi connectivity index (χ2n) is 6.77. The third kappa shape index (κ3) is 4.74. The molecule has 1 saturated heterocycles. The van der Waals surface area contributed by atoms with Crippen LogP contribution in [0.2, 0.25) is 0 Å². The van der Waals surface area contributed by atoms with Crippen molar-refractivity contribution < 1.29 is 9.90 Å². The highest BCUT2D eigenvalue weighted by Crippen LogP contribution is 2.22. The topological polar surface area (TPSA) is 43.8 Å². The Morgan fingerprint density at radius 1 is 1.35 bits per heavy atom. The number of aliphatic hydroxyl groups excluding tert-OH is 1. The summed E-state index contributed by atoms with van der Waals surface area (Å²) < 4.78 is 0. The first-order valence-electron chi connectivity index (χ1n) is 7.99. The van der Waals surface area contributed by atoms with Crippen molar-refractivity contribution in [3.63, 3.8) is 0 Å². The van der Waals surface area contributed by atoms with E-state index in [0.717, 1.165) is 25.7 Å². The summed E-state index contributed by atoms with van der Waals surface area (Å²) in [5, 5.41) is 9.49. The fourth-order valence-electron chi connectivity index (χ4n) is 3.18. The van der Waals surface area contributed by atoms with Crippen molar-refractivity contribution in [2.24, 2.45) is 5.92 Å². The molecule has 1 heterocycles.